The molecule has 3 heteroatoms. The normalized spacial score (nSPS) is 12.1. The number of hydrogen-bond acceptors (Lipinski definition) is 2. The van der Waals surface area contributed by atoms with Crippen molar-refractivity contribution in [2.45, 2.75) is 0 Å². The van der Waals surface area contributed by atoms with Crippen LogP contribution in [0.2, 0.25) is 0 Å². The molecular weight excluding hydrogens is 478 g/mol. The molecule has 0 fully saturated rings. The summed E-state index contributed by atoms with van der Waals surface area (Å²) in [4.78, 5) is 0. The van der Waals surface area contributed by atoms with Crippen molar-refractivity contribution < 1.29 is 8.83 Å². The van der Waals surface area contributed by atoms with Crippen LogP contribution in [0.4, 0.5) is 0 Å². The molecule has 9 rings (SSSR count). The topological polar surface area (TPSA) is 31.2 Å². The number of hydrogen-bond donors (Lipinski definition) is 0. The third-order valence-electron chi connectivity index (χ3n) is 8.01. The molecule has 0 radical (unpaired) electrons. The van der Waals surface area contributed by atoms with Crippen molar-refractivity contribution in [3.8, 4) is 16.8 Å². The van der Waals surface area contributed by atoms with E-state index in [0.29, 0.717) is 0 Å². The van der Waals surface area contributed by atoms with Gasteiger partial charge in [-0.2, -0.15) is 0 Å². The van der Waals surface area contributed by atoms with Crippen LogP contribution < -0.4 is 0 Å². The summed E-state index contributed by atoms with van der Waals surface area (Å²) in [6, 6.07) is 44.7. The van der Waals surface area contributed by atoms with E-state index in [1.807, 2.05) is 24.3 Å². The highest BCUT2D eigenvalue weighted by atomic mass is 16.3. The van der Waals surface area contributed by atoms with Crippen LogP contribution in [0.1, 0.15) is 0 Å². The summed E-state index contributed by atoms with van der Waals surface area (Å²) in [5.74, 6) is 0. The molecule has 0 saturated heterocycles. The lowest BCUT2D eigenvalue weighted by molar-refractivity contribution is 0.669. The number of rotatable bonds is 2. The Labute approximate surface area is 223 Å². The second-order valence-corrected chi connectivity index (χ2v) is 10.1. The average molecular weight is 500 g/mol. The number of furan rings is 2. The van der Waals surface area contributed by atoms with Crippen LogP contribution in [0.25, 0.3) is 82.5 Å². The fraction of sp³-hybridized carbons (Fsp3) is 0. The Morgan fingerprint density at radius 1 is 0.410 bits per heavy atom. The quantitative estimate of drug-likeness (QED) is 0.237. The summed E-state index contributed by atoms with van der Waals surface area (Å²) in [7, 11) is 0. The van der Waals surface area contributed by atoms with Gasteiger partial charge in [0.15, 0.2) is 0 Å². The minimum absolute atomic E-state index is 0.904. The summed E-state index contributed by atoms with van der Waals surface area (Å²) in [6.45, 7) is 0. The van der Waals surface area contributed by atoms with Gasteiger partial charge >= 0.3 is 0 Å². The molecule has 182 valence electrons. The van der Waals surface area contributed by atoms with Gasteiger partial charge in [-0.1, -0.05) is 84.9 Å². The van der Waals surface area contributed by atoms with E-state index in [9.17, 15) is 0 Å². The van der Waals surface area contributed by atoms with Crippen molar-refractivity contribution in [1.29, 1.82) is 0 Å². The first-order chi connectivity index (χ1) is 19.3. The first-order valence-electron chi connectivity index (χ1n) is 13.2. The van der Waals surface area contributed by atoms with E-state index in [4.69, 9.17) is 8.83 Å². The van der Waals surface area contributed by atoms with Gasteiger partial charge in [-0.3, -0.25) is 0 Å². The molecular formula is C36H21NO2. The minimum atomic E-state index is 0.904. The maximum Gasteiger partial charge on any atom is 0.143 e. The van der Waals surface area contributed by atoms with E-state index < -0.39 is 0 Å². The third kappa shape index (κ3) is 2.87. The molecule has 6 aromatic carbocycles. The monoisotopic (exact) mass is 499 g/mol. The maximum absolute atomic E-state index is 6.31. The van der Waals surface area contributed by atoms with Crippen molar-refractivity contribution in [3.63, 3.8) is 0 Å². The molecule has 0 aliphatic carbocycles. The molecule has 0 amide bonds. The molecule has 0 N–H and O–H groups in total. The number of aromatic nitrogens is 1. The first kappa shape index (κ1) is 20.7. The smallest absolute Gasteiger partial charge is 0.143 e. The van der Waals surface area contributed by atoms with Gasteiger partial charge in [-0.25, -0.2) is 0 Å². The Bertz CT molecular complexity index is 2380. The largest absolute Gasteiger partial charge is 0.456 e. The predicted molar refractivity (Wildman–Crippen MR) is 161 cm³/mol. The van der Waals surface area contributed by atoms with E-state index in [-0.39, 0.29) is 0 Å². The molecule has 39 heavy (non-hydrogen) atoms. The van der Waals surface area contributed by atoms with Crippen LogP contribution >= 0.6 is 0 Å². The zero-order chi connectivity index (χ0) is 25.5. The fourth-order valence-corrected chi connectivity index (χ4v) is 6.23. The predicted octanol–water partition coefficient (Wildman–Crippen LogP) is 10.2. The zero-order valence-electron chi connectivity index (χ0n) is 20.9. The molecule has 3 heterocycles. The Morgan fingerprint density at radius 2 is 1.08 bits per heavy atom. The summed E-state index contributed by atoms with van der Waals surface area (Å²) < 4.78 is 14.9. The molecule has 0 unspecified atom stereocenters. The number of para-hydroxylation sites is 4. The highest BCUT2D eigenvalue weighted by molar-refractivity contribution is 6.17. The van der Waals surface area contributed by atoms with E-state index in [1.165, 1.54) is 16.3 Å². The molecule has 0 saturated carbocycles. The van der Waals surface area contributed by atoms with Gasteiger partial charge in [0.25, 0.3) is 0 Å². The molecule has 3 nitrogen and oxygen atoms in total. The molecule has 9 aromatic rings. The number of fused-ring (bicyclic) bond motifs is 9. The summed E-state index contributed by atoms with van der Waals surface area (Å²) >= 11 is 0. The van der Waals surface area contributed by atoms with Gasteiger partial charge in [0.1, 0.15) is 22.3 Å². The molecule has 3 aromatic heterocycles. The van der Waals surface area contributed by atoms with Crippen LogP contribution in [0, 0.1) is 0 Å². The maximum atomic E-state index is 6.31. The van der Waals surface area contributed by atoms with E-state index in [1.54, 1.807) is 0 Å². The second kappa shape index (κ2) is 7.62. The average Bonchev–Trinajstić information content (AvgIpc) is 3.65. The molecule has 0 aliphatic rings. The minimum Gasteiger partial charge on any atom is -0.456 e. The zero-order valence-corrected chi connectivity index (χ0v) is 20.9. The summed E-state index contributed by atoms with van der Waals surface area (Å²) in [6.07, 6.45) is 0. The second-order valence-electron chi connectivity index (χ2n) is 10.1. The van der Waals surface area contributed by atoms with Crippen LogP contribution in [-0.4, -0.2) is 4.57 Å². The Hall–Kier alpha value is -5.28. The standard InChI is InChI=1S/C36H21NO2/c1-4-13-31-25(8-1)29-20-30-27-10-3-5-14-33(27)38-35(30)21-32(29)37(31)23-18-16-22(17-19-23)24-11-7-12-28-26-9-2-6-15-34(26)39-36(24)28/h1-21H. The Balaban J connectivity index is 1.26. The van der Waals surface area contributed by atoms with Crippen molar-refractivity contribution >= 4 is 65.7 Å². The van der Waals surface area contributed by atoms with Crippen molar-refractivity contribution in [2.24, 2.45) is 0 Å². The van der Waals surface area contributed by atoms with Crippen LogP contribution in [0.3, 0.4) is 0 Å². The highest BCUT2D eigenvalue weighted by Crippen LogP contribution is 2.39. The number of benzene rings is 6. The molecule has 0 bridgehead atoms. The Kier molecular flexibility index (Phi) is 4.05. The van der Waals surface area contributed by atoms with Gasteiger partial charge in [0.05, 0.1) is 11.0 Å². The van der Waals surface area contributed by atoms with Crippen molar-refractivity contribution in [2.75, 3.05) is 0 Å². The van der Waals surface area contributed by atoms with E-state index >= 15 is 0 Å². The number of nitrogens with zero attached hydrogens (tertiary/aromatic N) is 1. The van der Waals surface area contributed by atoms with Gasteiger partial charge in [-0.05, 0) is 42.0 Å². The Morgan fingerprint density at radius 3 is 1.90 bits per heavy atom. The van der Waals surface area contributed by atoms with Crippen LogP contribution in [0.5, 0.6) is 0 Å². The lowest BCUT2D eigenvalue weighted by Crippen LogP contribution is -1.93. The van der Waals surface area contributed by atoms with Crippen LogP contribution in [0.15, 0.2) is 136 Å². The summed E-state index contributed by atoms with van der Waals surface area (Å²) in [5, 5.41) is 7.04. The van der Waals surface area contributed by atoms with Gasteiger partial charge < -0.3 is 13.4 Å². The SMILES string of the molecule is c1ccc2c(c1)oc1cc3c(cc12)c1ccccc1n3-c1ccc(-c2cccc3c2oc2ccccc23)cc1. The van der Waals surface area contributed by atoms with Crippen LogP contribution in [-0.2, 0) is 0 Å². The summed E-state index contributed by atoms with van der Waals surface area (Å²) in [5.41, 5.74) is 9.31. The van der Waals surface area contributed by atoms with Gasteiger partial charge in [0, 0.05) is 49.6 Å². The van der Waals surface area contributed by atoms with E-state index in [2.05, 4.69) is 108 Å². The van der Waals surface area contributed by atoms with Crippen molar-refractivity contribution in [3.05, 3.63) is 127 Å². The van der Waals surface area contributed by atoms with Crippen molar-refractivity contribution in [1.82, 2.24) is 4.57 Å². The third-order valence-corrected chi connectivity index (χ3v) is 8.01. The molecule has 0 spiro atoms. The van der Waals surface area contributed by atoms with Gasteiger partial charge in [-0.15, -0.1) is 0 Å². The highest BCUT2D eigenvalue weighted by Gasteiger charge is 2.17. The van der Waals surface area contributed by atoms with E-state index in [0.717, 1.165) is 66.2 Å². The lowest BCUT2D eigenvalue weighted by atomic mass is 10.0. The molecule has 0 aliphatic heterocycles. The first-order valence-corrected chi connectivity index (χ1v) is 13.2. The fourth-order valence-electron chi connectivity index (χ4n) is 6.23. The lowest BCUT2D eigenvalue weighted by Gasteiger charge is -2.10. The molecule has 0 atom stereocenters. The van der Waals surface area contributed by atoms with Gasteiger partial charge in [0.2, 0.25) is 0 Å².